The predicted molar refractivity (Wildman–Crippen MR) is 151 cm³/mol. The molecule has 4 aromatic rings. The number of ether oxygens (including phenoxy) is 2. The Kier molecular flexibility index (Phi) is 7.81. The van der Waals surface area contributed by atoms with E-state index in [-0.39, 0.29) is 17.2 Å². The second-order valence-corrected chi connectivity index (χ2v) is 11.0. The van der Waals surface area contributed by atoms with Crippen molar-refractivity contribution in [3.8, 4) is 5.75 Å². The van der Waals surface area contributed by atoms with E-state index >= 15 is 0 Å². The number of nitrogens with one attached hydrogen (secondary N) is 1. The number of aromatic nitrogens is 5. The number of nitrogens with zero attached hydrogens (tertiary/aromatic N) is 5. The number of pyridine rings is 1. The molecule has 3 heterocycles. The Labute approximate surface area is 229 Å². The first kappa shape index (κ1) is 27.0. The molecule has 2 atom stereocenters. The highest BCUT2D eigenvalue weighted by molar-refractivity contribution is 5.82. The number of hydrogen-bond donors (Lipinski definition) is 1. The molecule has 2 aromatic heterocycles. The molecule has 0 aliphatic carbocycles. The molecule has 0 saturated carbocycles. The lowest BCUT2D eigenvalue weighted by molar-refractivity contribution is 0.0562. The summed E-state index contributed by atoms with van der Waals surface area (Å²) in [6.45, 7) is 10.3. The van der Waals surface area contributed by atoms with E-state index in [1.807, 2.05) is 48.0 Å². The van der Waals surface area contributed by atoms with Gasteiger partial charge in [0.25, 0.3) is 5.56 Å². The average Bonchev–Trinajstić information content (AvgIpc) is 3.63. The van der Waals surface area contributed by atoms with Gasteiger partial charge in [-0.25, -0.2) is 4.68 Å². The van der Waals surface area contributed by atoms with Crippen LogP contribution in [-0.2, 0) is 16.8 Å². The molecule has 0 spiro atoms. The lowest BCUT2D eigenvalue weighted by Crippen LogP contribution is -2.41. The van der Waals surface area contributed by atoms with E-state index in [2.05, 4.69) is 58.3 Å². The molecule has 5 rings (SSSR count). The van der Waals surface area contributed by atoms with Crippen molar-refractivity contribution in [2.75, 3.05) is 20.3 Å². The summed E-state index contributed by atoms with van der Waals surface area (Å²) in [4.78, 5) is 19.3. The lowest BCUT2D eigenvalue weighted by Gasteiger charge is -2.34. The van der Waals surface area contributed by atoms with Crippen LogP contribution in [0.3, 0.4) is 0 Å². The van der Waals surface area contributed by atoms with Crippen LogP contribution < -0.4 is 10.3 Å². The average molecular weight is 531 g/mol. The standard InChI is InChI=1S/C30H38N6O3/c1-6-30(3,4)36-28(32-33-34-36)27(25-17-22-10-7-9-20(2)26(22)31-29(25)37)35(19-24-11-8-16-39-24)18-21-12-14-23(38-5)15-13-21/h7,9-10,12-15,17,24,27H,6,8,11,16,18-19H2,1-5H3,(H,31,37)/t24-,27-/m0/s1. The maximum atomic E-state index is 13.8. The molecule has 9 nitrogen and oxygen atoms in total. The number of fused-ring (bicyclic) bond motifs is 1. The van der Waals surface area contributed by atoms with E-state index in [1.54, 1.807) is 7.11 Å². The zero-order chi connectivity index (χ0) is 27.6. The topological polar surface area (TPSA) is 98.2 Å². The zero-order valence-electron chi connectivity index (χ0n) is 23.5. The molecule has 2 aromatic carbocycles. The van der Waals surface area contributed by atoms with Gasteiger partial charge in [-0.1, -0.05) is 37.3 Å². The molecule has 0 bridgehead atoms. The molecule has 1 N–H and O–H groups in total. The molecule has 39 heavy (non-hydrogen) atoms. The number of methoxy groups -OCH3 is 1. The minimum absolute atomic E-state index is 0.0658. The van der Waals surface area contributed by atoms with E-state index in [9.17, 15) is 4.79 Å². The van der Waals surface area contributed by atoms with E-state index in [4.69, 9.17) is 9.47 Å². The molecule has 9 heteroatoms. The third kappa shape index (κ3) is 5.60. The van der Waals surface area contributed by atoms with Gasteiger partial charge >= 0.3 is 0 Å². The maximum Gasteiger partial charge on any atom is 0.253 e. The zero-order valence-corrected chi connectivity index (χ0v) is 23.5. The molecule has 1 aliphatic heterocycles. The van der Waals surface area contributed by atoms with Crippen molar-refractivity contribution < 1.29 is 9.47 Å². The molecule has 0 unspecified atom stereocenters. The molecular weight excluding hydrogens is 492 g/mol. The highest BCUT2D eigenvalue weighted by Gasteiger charge is 2.36. The third-order valence-electron chi connectivity index (χ3n) is 7.96. The maximum absolute atomic E-state index is 13.8. The number of H-pyrrole nitrogens is 1. The van der Waals surface area contributed by atoms with Gasteiger partial charge in [0, 0.05) is 25.3 Å². The first-order valence-corrected chi connectivity index (χ1v) is 13.7. The molecule has 206 valence electrons. The normalized spacial score (nSPS) is 16.7. The summed E-state index contributed by atoms with van der Waals surface area (Å²) in [6, 6.07) is 15.6. The van der Waals surface area contributed by atoms with Gasteiger partial charge in [0.15, 0.2) is 5.82 Å². The minimum atomic E-state index is -0.495. The van der Waals surface area contributed by atoms with Crippen molar-refractivity contribution in [1.82, 2.24) is 30.1 Å². The molecule has 1 saturated heterocycles. The van der Waals surface area contributed by atoms with Crippen molar-refractivity contribution >= 4 is 10.9 Å². The summed E-state index contributed by atoms with van der Waals surface area (Å²) >= 11 is 0. The molecule has 0 radical (unpaired) electrons. The Balaban J connectivity index is 1.69. The van der Waals surface area contributed by atoms with Crippen LogP contribution >= 0.6 is 0 Å². The van der Waals surface area contributed by atoms with Crippen LogP contribution in [0, 0.1) is 6.92 Å². The number of tetrazole rings is 1. The van der Waals surface area contributed by atoms with E-state index < -0.39 is 6.04 Å². The SMILES string of the molecule is CCC(C)(C)n1nnnc1[C@H](c1cc2cccc(C)c2[nH]c1=O)N(Cc1ccc(OC)cc1)C[C@@H]1CCCO1. The Morgan fingerprint density at radius 1 is 1.23 bits per heavy atom. The van der Waals surface area contributed by atoms with Gasteiger partial charge in [0.2, 0.25) is 0 Å². The first-order valence-electron chi connectivity index (χ1n) is 13.7. The summed E-state index contributed by atoms with van der Waals surface area (Å²) in [5, 5.41) is 14.1. The fraction of sp³-hybridized carbons (Fsp3) is 0.467. The number of benzene rings is 2. The summed E-state index contributed by atoms with van der Waals surface area (Å²) in [5.74, 6) is 1.45. The monoisotopic (exact) mass is 530 g/mol. The molecule has 1 aliphatic rings. The van der Waals surface area contributed by atoms with Gasteiger partial charge in [-0.15, -0.1) is 5.10 Å². The second kappa shape index (κ2) is 11.3. The predicted octanol–water partition coefficient (Wildman–Crippen LogP) is 4.75. The van der Waals surface area contributed by atoms with Gasteiger partial charge in [0.1, 0.15) is 11.8 Å². The summed E-state index contributed by atoms with van der Waals surface area (Å²) < 4.78 is 13.4. The summed E-state index contributed by atoms with van der Waals surface area (Å²) in [7, 11) is 1.66. The largest absolute Gasteiger partial charge is 0.497 e. The molecule has 0 amide bonds. The number of aromatic amines is 1. The van der Waals surface area contributed by atoms with Crippen LogP contribution in [0.4, 0.5) is 0 Å². The van der Waals surface area contributed by atoms with Crippen LogP contribution in [0.2, 0.25) is 0 Å². The van der Waals surface area contributed by atoms with Crippen molar-refractivity contribution in [3.05, 3.63) is 81.4 Å². The van der Waals surface area contributed by atoms with E-state index in [0.29, 0.717) is 24.5 Å². The number of para-hydroxylation sites is 1. The van der Waals surface area contributed by atoms with Gasteiger partial charge < -0.3 is 14.5 Å². The fourth-order valence-corrected chi connectivity index (χ4v) is 5.32. The van der Waals surface area contributed by atoms with Gasteiger partial charge in [-0.05, 0) is 85.2 Å². The van der Waals surface area contributed by atoms with E-state index in [0.717, 1.165) is 53.6 Å². The minimum Gasteiger partial charge on any atom is -0.497 e. The molecular formula is C30H38N6O3. The lowest BCUT2D eigenvalue weighted by atomic mass is 9.98. The fourth-order valence-electron chi connectivity index (χ4n) is 5.32. The van der Waals surface area contributed by atoms with Crippen LogP contribution in [0.5, 0.6) is 5.75 Å². The highest BCUT2D eigenvalue weighted by atomic mass is 16.5. The van der Waals surface area contributed by atoms with Crippen molar-refractivity contribution in [2.24, 2.45) is 0 Å². The second-order valence-electron chi connectivity index (χ2n) is 11.0. The Morgan fingerprint density at radius 2 is 2.03 bits per heavy atom. The van der Waals surface area contributed by atoms with E-state index in [1.165, 1.54) is 0 Å². The number of hydrogen-bond acceptors (Lipinski definition) is 7. The molecule has 1 fully saturated rings. The Bertz CT molecular complexity index is 1470. The van der Waals surface area contributed by atoms with Crippen molar-refractivity contribution in [3.63, 3.8) is 0 Å². The smallest absolute Gasteiger partial charge is 0.253 e. The van der Waals surface area contributed by atoms with Crippen LogP contribution in [0.1, 0.15) is 68.6 Å². The van der Waals surface area contributed by atoms with Crippen LogP contribution in [0.25, 0.3) is 10.9 Å². The van der Waals surface area contributed by atoms with Crippen molar-refractivity contribution in [1.29, 1.82) is 0 Å². The van der Waals surface area contributed by atoms with Crippen molar-refractivity contribution in [2.45, 2.75) is 71.2 Å². The summed E-state index contributed by atoms with van der Waals surface area (Å²) in [6.07, 6.45) is 2.90. The van der Waals surface area contributed by atoms with Gasteiger partial charge in [0.05, 0.1) is 24.3 Å². The van der Waals surface area contributed by atoms with Gasteiger partial charge in [-0.2, -0.15) is 0 Å². The Hall–Kier alpha value is -3.56. The quantitative estimate of drug-likeness (QED) is 0.316. The van der Waals surface area contributed by atoms with Gasteiger partial charge in [-0.3, -0.25) is 9.69 Å². The number of rotatable bonds is 10. The third-order valence-corrected chi connectivity index (χ3v) is 7.96. The van der Waals surface area contributed by atoms with Crippen LogP contribution in [-0.4, -0.2) is 56.5 Å². The highest BCUT2D eigenvalue weighted by Crippen LogP contribution is 2.33. The summed E-state index contributed by atoms with van der Waals surface area (Å²) in [5.41, 5.74) is 3.10. The number of aryl methyl sites for hydroxylation is 1. The Morgan fingerprint density at radius 3 is 2.72 bits per heavy atom. The first-order chi connectivity index (χ1) is 18.8. The van der Waals surface area contributed by atoms with Crippen LogP contribution in [0.15, 0.2) is 53.3 Å².